The van der Waals surface area contributed by atoms with Gasteiger partial charge in [-0.25, -0.2) is 8.42 Å². The Morgan fingerprint density at radius 1 is 1.11 bits per heavy atom. The molecule has 8 nitrogen and oxygen atoms in total. The number of hydrogen-bond acceptors (Lipinski definition) is 5. The molecule has 0 radical (unpaired) electrons. The summed E-state index contributed by atoms with van der Waals surface area (Å²) in [6, 6.07) is 3.98. The molecule has 1 N–H and O–H groups in total. The highest BCUT2D eigenvalue weighted by Crippen LogP contribution is 2.38. The zero-order chi connectivity index (χ0) is 27.3. The zero-order valence-electron chi connectivity index (χ0n) is 21.8. The lowest BCUT2D eigenvalue weighted by Crippen LogP contribution is -2.44. The van der Waals surface area contributed by atoms with E-state index >= 15 is 0 Å². The van der Waals surface area contributed by atoms with Gasteiger partial charge in [0.25, 0.3) is 0 Å². The highest BCUT2D eigenvalue weighted by Gasteiger charge is 2.44. The number of carbonyl (C=O) groups excluding carboxylic acids is 1. The van der Waals surface area contributed by atoms with E-state index in [9.17, 15) is 26.4 Å². The van der Waals surface area contributed by atoms with E-state index in [1.54, 1.807) is 0 Å². The number of fused-ring (bicyclic) bond motifs is 1. The maximum atomic E-state index is 13.3. The van der Waals surface area contributed by atoms with Crippen molar-refractivity contribution in [1.29, 1.82) is 0 Å². The summed E-state index contributed by atoms with van der Waals surface area (Å²) in [6.45, 7) is 5.93. The first kappa shape index (κ1) is 27.1. The van der Waals surface area contributed by atoms with Crippen LogP contribution >= 0.6 is 0 Å². The number of nitrogens with one attached hydrogen (secondary N) is 1. The summed E-state index contributed by atoms with van der Waals surface area (Å²) < 4.78 is 67.8. The number of amides is 1. The van der Waals surface area contributed by atoms with Crippen LogP contribution in [0.15, 0.2) is 18.2 Å². The molecule has 0 bridgehead atoms. The minimum Gasteiger partial charge on any atom is -0.356 e. The Kier molecular flexibility index (Phi) is 7.10. The van der Waals surface area contributed by atoms with Gasteiger partial charge in [0.2, 0.25) is 15.9 Å². The molecule has 2 aromatic rings. The van der Waals surface area contributed by atoms with Crippen LogP contribution in [0.4, 0.5) is 13.2 Å². The number of carbonyl (C=O) groups is 1. The van der Waals surface area contributed by atoms with E-state index in [-0.39, 0.29) is 23.4 Å². The van der Waals surface area contributed by atoms with Gasteiger partial charge in [-0.1, -0.05) is 6.07 Å². The Morgan fingerprint density at radius 2 is 1.84 bits per heavy atom. The van der Waals surface area contributed by atoms with Crippen molar-refractivity contribution in [2.24, 2.45) is 5.41 Å². The number of sulfonamides is 1. The van der Waals surface area contributed by atoms with Gasteiger partial charge in [0.15, 0.2) is 0 Å². The summed E-state index contributed by atoms with van der Waals surface area (Å²) in [4.78, 5) is 14.6. The minimum atomic E-state index is -4.44. The monoisotopic (exact) mass is 553 g/mol. The average Bonchev–Trinajstić information content (AvgIpc) is 3.39. The Balaban J connectivity index is 1.34. The van der Waals surface area contributed by atoms with Crippen LogP contribution in [0.5, 0.6) is 0 Å². The molecular weight excluding hydrogens is 519 g/mol. The quantitative estimate of drug-likeness (QED) is 0.594. The summed E-state index contributed by atoms with van der Waals surface area (Å²) in [5.74, 6) is 0.189. The van der Waals surface area contributed by atoms with Crippen molar-refractivity contribution in [2.45, 2.75) is 58.3 Å². The minimum absolute atomic E-state index is 0.105. The van der Waals surface area contributed by atoms with E-state index in [0.29, 0.717) is 30.8 Å². The van der Waals surface area contributed by atoms with Gasteiger partial charge in [0.1, 0.15) is 0 Å². The predicted octanol–water partition coefficient (Wildman–Crippen LogP) is 3.19. The SMILES string of the molecule is Cc1cc(-c2nn(CCCN3CCC4(CCNC4=O)CC3)c3c2CN(S(C)(=O)=O)CC3)ccc1C(F)(F)F. The van der Waals surface area contributed by atoms with Crippen LogP contribution in [0.1, 0.15) is 48.1 Å². The van der Waals surface area contributed by atoms with E-state index in [1.807, 2.05) is 4.68 Å². The van der Waals surface area contributed by atoms with Gasteiger partial charge in [-0.3, -0.25) is 9.48 Å². The summed E-state index contributed by atoms with van der Waals surface area (Å²) in [5, 5.41) is 7.77. The number of benzene rings is 1. The van der Waals surface area contributed by atoms with E-state index < -0.39 is 21.8 Å². The van der Waals surface area contributed by atoms with Crippen molar-refractivity contribution in [3.05, 3.63) is 40.6 Å². The summed E-state index contributed by atoms with van der Waals surface area (Å²) in [6.07, 6.45) is 0.705. The van der Waals surface area contributed by atoms with E-state index in [2.05, 4.69) is 10.2 Å². The third-order valence-electron chi connectivity index (χ3n) is 8.40. The number of nitrogens with zero attached hydrogens (tertiary/aromatic N) is 4. The van der Waals surface area contributed by atoms with Crippen LogP contribution in [-0.4, -0.2) is 72.3 Å². The summed E-state index contributed by atoms with van der Waals surface area (Å²) in [5.41, 5.74) is 2.01. The van der Waals surface area contributed by atoms with E-state index in [1.165, 1.54) is 29.6 Å². The van der Waals surface area contributed by atoms with Gasteiger partial charge >= 0.3 is 6.18 Å². The van der Waals surface area contributed by atoms with Crippen LogP contribution in [0.3, 0.4) is 0 Å². The maximum Gasteiger partial charge on any atom is 0.416 e. The molecule has 1 aromatic heterocycles. The molecule has 1 aromatic carbocycles. The average molecular weight is 554 g/mol. The first-order chi connectivity index (χ1) is 17.9. The predicted molar refractivity (Wildman–Crippen MR) is 137 cm³/mol. The number of likely N-dealkylation sites (tertiary alicyclic amines) is 1. The molecule has 5 rings (SSSR count). The second-order valence-electron chi connectivity index (χ2n) is 10.9. The molecule has 2 fully saturated rings. The molecule has 0 saturated carbocycles. The van der Waals surface area contributed by atoms with Gasteiger partial charge in [0, 0.05) is 49.4 Å². The molecule has 208 valence electrons. The summed E-state index contributed by atoms with van der Waals surface area (Å²) >= 11 is 0. The second-order valence-corrected chi connectivity index (χ2v) is 12.8. The highest BCUT2D eigenvalue weighted by molar-refractivity contribution is 7.88. The van der Waals surface area contributed by atoms with Crippen molar-refractivity contribution in [3.63, 3.8) is 0 Å². The van der Waals surface area contributed by atoms with Crippen molar-refractivity contribution >= 4 is 15.9 Å². The lowest BCUT2D eigenvalue weighted by Gasteiger charge is -2.37. The Bertz CT molecular complexity index is 1330. The maximum absolute atomic E-state index is 13.3. The van der Waals surface area contributed by atoms with Crippen LogP contribution in [0.25, 0.3) is 11.3 Å². The molecule has 0 atom stereocenters. The largest absolute Gasteiger partial charge is 0.416 e. The lowest BCUT2D eigenvalue weighted by molar-refractivity contribution is -0.138. The molecule has 1 amide bonds. The highest BCUT2D eigenvalue weighted by atomic mass is 32.2. The van der Waals surface area contributed by atoms with Gasteiger partial charge in [-0.15, -0.1) is 0 Å². The Hall–Kier alpha value is -2.44. The van der Waals surface area contributed by atoms with Crippen molar-refractivity contribution in [1.82, 2.24) is 24.3 Å². The normalized spacial score (nSPS) is 20.6. The third kappa shape index (κ3) is 5.22. The number of rotatable bonds is 6. The molecule has 1 spiro atoms. The molecule has 0 unspecified atom stereocenters. The lowest BCUT2D eigenvalue weighted by atomic mass is 9.77. The van der Waals surface area contributed by atoms with E-state index in [0.717, 1.165) is 69.2 Å². The summed E-state index contributed by atoms with van der Waals surface area (Å²) in [7, 11) is -3.43. The fourth-order valence-corrected chi connectivity index (χ4v) is 6.92. The van der Waals surface area contributed by atoms with Gasteiger partial charge in [-0.05, 0) is 69.9 Å². The smallest absolute Gasteiger partial charge is 0.356 e. The molecule has 12 heteroatoms. The Labute approximate surface area is 221 Å². The standard InChI is InChI=1S/C26H34F3N5O3S/c1-18-16-19(4-5-21(18)26(27,28)29)23-20-17-33(38(2,36)37)13-6-22(20)34(31-23)12-3-11-32-14-8-25(9-15-32)7-10-30-24(25)35/h4-5,16H,3,6-15,17H2,1-2H3,(H,30,35). The number of hydrogen-bond donors (Lipinski definition) is 1. The number of piperidine rings is 1. The number of alkyl halides is 3. The fraction of sp³-hybridized carbons (Fsp3) is 0.615. The molecule has 38 heavy (non-hydrogen) atoms. The van der Waals surface area contributed by atoms with Crippen molar-refractivity contribution in [2.75, 3.05) is 39.0 Å². The second kappa shape index (κ2) is 9.95. The van der Waals surface area contributed by atoms with Gasteiger partial charge in [0.05, 0.1) is 22.9 Å². The van der Waals surface area contributed by atoms with Crippen LogP contribution in [-0.2, 0) is 40.5 Å². The molecule has 3 aliphatic rings. The molecular formula is C26H34F3N5O3S. The topological polar surface area (TPSA) is 87.5 Å². The van der Waals surface area contributed by atoms with Crippen LogP contribution in [0, 0.1) is 12.3 Å². The van der Waals surface area contributed by atoms with Crippen molar-refractivity contribution in [3.8, 4) is 11.3 Å². The Morgan fingerprint density at radius 3 is 2.45 bits per heavy atom. The van der Waals surface area contributed by atoms with Gasteiger partial charge < -0.3 is 10.2 Å². The van der Waals surface area contributed by atoms with Crippen LogP contribution < -0.4 is 5.32 Å². The number of aromatic nitrogens is 2. The zero-order valence-corrected chi connectivity index (χ0v) is 22.6. The molecule has 3 aliphatic heterocycles. The van der Waals surface area contributed by atoms with E-state index in [4.69, 9.17) is 5.10 Å². The molecule has 0 aliphatic carbocycles. The molecule has 4 heterocycles. The third-order valence-corrected chi connectivity index (χ3v) is 9.65. The van der Waals surface area contributed by atoms with Crippen LogP contribution in [0.2, 0.25) is 0 Å². The van der Waals surface area contributed by atoms with Gasteiger partial charge in [-0.2, -0.15) is 22.6 Å². The molecule has 2 saturated heterocycles. The van der Waals surface area contributed by atoms with Crippen molar-refractivity contribution < 1.29 is 26.4 Å². The number of halogens is 3. The first-order valence-corrected chi connectivity index (χ1v) is 14.9. The number of aryl methyl sites for hydroxylation is 2. The first-order valence-electron chi connectivity index (χ1n) is 13.1. The fourth-order valence-electron chi connectivity index (χ4n) is 6.14.